The summed E-state index contributed by atoms with van der Waals surface area (Å²) in [6.45, 7) is 1.39. The first-order valence-corrected chi connectivity index (χ1v) is 5.40. The van der Waals surface area contributed by atoms with E-state index in [0.29, 0.717) is 5.75 Å². The van der Waals surface area contributed by atoms with Gasteiger partial charge in [-0.15, -0.1) is 0 Å². The number of aliphatic hydroxyl groups is 1. The Morgan fingerprint density at radius 1 is 0.941 bits per heavy atom. The normalized spacial score (nSPS) is 14.1. The molecule has 2 aromatic carbocycles. The van der Waals surface area contributed by atoms with Crippen LogP contribution in [0.4, 0.5) is 0 Å². The van der Waals surface area contributed by atoms with Gasteiger partial charge >= 0.3 is 0 Å². The SMILES string of the molecule is CC(N)(O)Oc1ccc(-c2ccccc2)cc1. The molecule has 1 unspecified atom stereocenters. The molecule has 3 nitrogen and oxygen atoms in total. The maximum atomic E-state index is 9.31. The third kappa shape index (κ3) is 3.31. The van der Waals surface area contributed by atoms with Crippen LogP contribution in [-0.4, -0.2) is 11.0 Å². The Balaban J connectivity index is 2.19. The van der Waals surface area contributed by atoms with E-state index in [4.69, 9.17) is 10.5 Å². The lowest BCUT2D eigenvalue weighted by Crippen LogP contribution is -2.42. The number of hydrogen-bond donors (Lipinski definition) is 2. The average Bonchev–Trinajstić information content (AvgIpc) is 2.29. The molecule has 0 spiro atoms. The monoisotopic (exact) mass is 229 g/mol. The Bertz CT molecular complexity index is 472. The van der Waals surface area contributed by atoms with Crippen molar-refractivity contribution in [3.05, 3.63) is 54.6 Å². The standard InChI is InChI=1S/C14H15NO2/c1-14(15,16)17-13-9-7-12(8-10-13)11-5-3-2-4-6-11/h2-10,16H,15H2,1H3. The van der Waals surface area contributed by atoms with Crippen LogP contribution in [0.25, 0.3) is 11.1 Å². The van der Waals surface area contributed by atoms with Crippen molar-refractivity contribution >= 4 is 0 Å². The first-order chi connectivity index (χ1) is 8.04. The zero-order valence-electron chi connectivity index (χ0n) is 9.63. The first-order valence-electron chi connectivity index (χ1n) is 5.40. The molecule has 0 radical (unpaired) electrons. The highest BCUT2D eigenvalue weighted by molar-refractivity contribution is 5.63. The fourth-order valence-corrected chi connectivity index (χ4v) is 1.58. The maximum absolute atomic E-state index is 9.31. The van der Waals surface area contributed by atoms with Gasteiger partial charge in [-0.1, -0.05) is 42.5 Å². The van der Waals surface area contributed by atoms with Crippen LogP contribution in [0.3, 0.4) is 0 Å². The van der Waals surface area contributed by atoms with Gasteiger partial charge in [0.1, 0.15) is 5.75 Å². The molecule has 0 aliphatic carbocycles. The predicted molar refractivity (Wildman–Crippen MR) is 67.3 cm³/mol. The largest absolute Gasteiger partial charge is 0.450 e. The summed E-state index contributed by atoms with van der Waals surface area (Å²) in [6.07, 6.45) is 0. The molecule has 0 aliphatic rings. The fourth-order valence-electron chi connectivity index (χ4n) is 1.58. The van der Waals surface area contributed by atoms with Gasteiger partial charge in [0.15, 0.2) is 0 Å². The smallest absolute Gasteiger partial charge is 0.262 e. The Morgan fingerprint density at radius 3 is 2.00 bits per heavy atom. The minimum absolute atomic E-state index is 0.539. The lowest BCUT2D eigenvalue weighted by Gasteiger charge is -2.19. The third-order valence-electron chi connectivity index (χ3n) is 2.29. The minimum Gasteiger partial charge on any atom is -0.450 e. The van der Waals surface area contributed by atoms with Crippen molar-refractivity contribution in [2.24, 2.45) is 5.73 Å². The molecule has 0 fully saturated rings. The maximum Gasteiger partial charge on any atom is 0.262 e. The summed E-state index contributed by atoms with van der Waals surface area (Å²) in [7, 11) is 0. The van der Waals surface area contributed by atoms with Crippen molar-refractivity contribution in [1.82, 2.24) is 0 Å². The zero-order chi connectivity index (χ0) is 12.3. The van der Waals surface area contributed by atoms with Crippen LogP contribution in [0.1, 0.15) is 6.92 Å². The molecule has 2 aromatic rings. The molecule has 0 heterocycles. The van der Waals surface area contributed by atoms with Crippen LogP contribution in [0, 0.1) is 0 Å². The van der Waals surface area contributed by atoms with Gasteiger partial charge < -0.3 is 9.84 Å². The zero-order valence-corrected chi connectivity index (χ0v) is 9.63. The molecule has 0 bridgehead atoms. The van der Waals surface area contributed by atoms with Gasteiger partial charge in [0.25, 0.3) is 5.91 Å². The van der Waals surface area contributed by atoms with Gasteiger partial charge in [-0.05, 0) is 23.3 Å². The third-order valence-corrected chi connectivity index (χ3v) is 2.29. The van der Waals surface area contributed by atoms with Gasteiger partial charge in [0, 0.05) is 6.92 Å². The molecule has 0 aliphatic heterocycles. The van der Waals surface area contributed by atoms with E-state index in [1.54, 1.807) is 12.1 Å². The van der Waals surface area contributed by atoms with Gasteiger partial charge in [-0.2, -0.15) is 0 Å². The number of hydrogen-bond acceptors (Lipinski definition) is 3. The highest BCUT2D eigenvalue weighted by Gasteiger charge is 2.14. The summed E-state index contributed by atoms with van der Waals surface area (Å²) in [6, 6.07) is 17.4. The molecule has 3 N–H and O–H groups in total. The second-order valence-corrected chi connectivity index (χ2v) is 4.05. The first kappa shape index (κ1) is 11.6. The summed E-state index contributed by atoms with van der Waals surface area (Å²) in [4.78, 5) is 0. The topological polar surface area (TPSA) is 55.5 Å². The van der Waals surface area contributed by atoms with Crippen LogP contribution in [-0.2, 0) is 0 Å². The molecule has 1 atom stereocenters. The summed E-state index contributed by atoms with van der Waals surface area (Å²) in [5.74, 6) is -1.11. The highest BCUT2D eigenvalue weighted by atomic mass is 16.6. The number of nitrogens with two attached hydrogens (primary N) is 1. The molecule has 0 saturated heterocycles. The van der Waals surface area contributed by atoms with Crippen LogP contribution < -0.4 is 10.5 Å². The molecule has 2 rings (SSSR count). The highest BCUT2D eigenvalue weighted by Crippen LogP contribution is 2.22. The fraction of sp³-hybridized carbons (Fsp3) is 0.143. The summed E-state index contributed by atoms with van der Waals surface area (Å²) in [5, 5.41) is 9.31. The molecule has 17 heavy (non-hydrogen) atoms. The van der Waals surface area contributed by atoms with Crippen molar-refractivity contribution in [2.75, 3.05) is 0 Å². The average molecular weight is 229 g/mol. The van der Waals surface area contributed by atoms with Gasteiger partial charge in [-0.3, -0.25) is 5.73 Å². The second kappa shape index (κ2) is 4.57. The van der Waals surface area contributed by atoms with Crippen LogP contribution in [0.2, 0.25) is 0 Å². The molecule has 88 valence electrons. The van der Waals surface area contributed by atoms with E-state index in [2.05, 4.69) is 0 Å². The molecule has 0 aromatic heterocycles. The van der Waals surface area contributed by atoms with E-state index in [1.165, 1.54) is 6.92 Å². The van der Waals surface area contributed by atoms with Crippen molar-refractivity contribution < 1.29 is 9.84 Å². The summed E-state index contributed by atoms with van der Waals surface area (Å²) in [5.41, 5.74) is 7.58. The Morgan fingerprint density at radius 2 is 1.47 bits per heavy atom. The Labute approximate surface area is 100 Å². The van der Waals surface area contributed by atoms with Gasteiger partial charge in [0.2, 0.25) is 0 Å². The second-order valence-electron chi connectivity index (χ2n) is 4.05. The molecule has 0 amide bonds. The van der Waals surface area contributed by atoms with Crippen LogP contribution in [0.15, 0.2) is 54.6 Å². The lowest BCUT2D eigenvalue weighted by atomic mass is 10.1. The van der Waals surface area contributed by atoms with Crippen molar-refractivity contribution in [1.29, 1.82) is 0 Å². The van der Waals surface area contributed by atoms with E-state index in [0.717, 1.165) is 11.1 Å². The van der Waals surface area contributed by atoms with E-state index in [1.807, 2.05) is 42.5 Å². The lowest BCUT2D eigenvalue weighted by molar-refractivity contribution is -0.115. The minimum atomic E-state index is -1.64. The van der Waals surface area contributed by atoms with Crippen molar-refractivity contribution in [2.45, 2.75) is 12.8 Å². The number of ether oxygens (including phenoxy) is 1. The Hall–Kier alpha value is -1.84. The van der Waals surface area contributed by atoms with Gasteiger partial charge in [0.05, 0.1) is 0 Å². The summed E-state index contributed by atoms with van der Waals surface area (Å²) < 4.78 is 5.13. The molecular weight excluding hydrogens is 214 g/mol. The van der Waals surface area contributed by atoms with E-state index in [-0.39, 0.29) is 0 Å². The number of rotatable bonds is 3. The van der Waals surface area contributed by atoms with Crippen molar-refractivity contribution in [3.63, 3.8) is 0 Å². The Kier molecular flexibility index (Phi) is 3.13. The molecule has 3 heteroatoms. The quantitative estimate of drug-likeness (QED) is 0.794. The van der Waals surface area contributed by atoms with Crippen LogP contribution >= 0.6 is 0 Å². The summed E-state index contributed by atoms with van der Waals surface area (Å²) >= 11 is 0. The number of benzene rings is 2. The van der Waals surface area contributed by atoms with Gasteiger partial charge in [-0.25, -0.2) is 0 Å². The van der Waals surface area contributed by atoms with E-state index in [9.17, 15) is 5.11 Å². The van der Waals surface area contributed by atoms with E-state index >= 15 is 0 Å². The predicted octanol–water partition coefficient (Wildman–Crippen LogP) is 2.36. The molecular formula is C14H15NO2. The van der Waals surface area contributed by atoms with Crippen molar-refractivity contribution in [3.8, 4) is 16.9 Å². The van der Waals surface area contributed by atoms with Crippen LogP contribution in [0.5, 0.6) is 5.75 Å². The van der Waals surface area contributed by atoms with E-state index < -0.39 is 5.91 Å². The molecule has 0 saturated carbocycles.